The van der Waals surface area contributed by atoms with Crippen LogP contribution in [0.1, 0.15) is 5.56 Å². The molecular weight excluding hydrogens is 193 g/mol. The Morgan fingerprint density at radius 1 is 1.33 bits per heavy atom. The van der Waals surface area contributed by atoms with E-state index in [1.165, 1.54) is 5.56 Å². The van der Waals surface area contributed by atoms with E-state index in [1.807, 2.05) is 18.2 Å². The Labute approximate surface area is 89.7 Å². The Morgan fingerprint density at radius 3 is 2.87 bits per heavy atom. The third-order valence-corrected chi connectivity index (χ3v) is 2.76. The Morgan fingerprint density at radius 2 is 2.13 bits per heavy atom. The zero-order valence-electron chi connectivity index (χ0n) is 8.73. The lowest BCUT2D eigenvalue weighted by Crippen LogP contribution is -2.46. The zero-order valence-corrected chi connectivity index (χ0v) is 8.73. The van der Waals surface area contributed by atoms with Crippen molar-refractivity contribution in [3.05, 3.63) is 35.9 Å². The van der Waals surface area contributed by atoms with Crippen molar-refractivity contribution in [3.63, 3.8) is 0 Å². The number of hydrogen-bond donors (Lipinski definition) is 0. The molecule has 0 saturated carbocycles. The fraction of sp³-hybridized carbons (Fsp3) is 0.500. The van der Waals surface area contributed by atoms with Gasteiger partial charge >= 0.3 is 0 Å². The second-order valence-corrected chi connectivity index (χ2v) is 3.84. The van der Waals surface area contributed by atoms with E-state index in [2.05, 4.69) is 17.0 Å². The fourth-order valence-corrected chi connectivity index (χ4v) is 1.86. The fourth-order valence-electron chi connectivity index (χ4n) is 1.86. The summed E-state index contributed by atoms with van der Waals surface area (Å²) >= 11 is 0. The van der Waals surface area contributed by atoms with Gasteiger partial charge in [-0.15, -0.1) is 0 Å². The summed E-state index contributed by atoms with van der Waals surface area (Å²) in [5.74, 6) is 0. The summed E-state index contributed by atoms with van der Waals surface area (Å²) in [6.07, 6.45) is 0. The van der Waals surface area contributed by atoms with Crippen LogP contribution in [0.15, 0.2) is 30.3 Å². The van der Waals surface area contributed by atoms with E-state index < -0.39 is 0 Å². The lowest BCUT2D eigenvalue weighted by molar-refractivity contribution is -0.0197. The number of nitrogens with zero attached hydrogens (tertiary/aromatic N) is 1. The average molecular weight is 209 g/mol. The minimum absolute atomic E-state index is 0.0704. The van der Waals surface area contributed by atoms with E-state index in [0.29, 0.717) is 13.2 Å². The van der Waals surface area contributed by atoms with Crippen LogP contribution >= 0.6 is 0 Å². The maximum absolute atomic E-state index is 12.7. The molecule has 0 spiro atoms. The summed E-state index contributed by atoms with van der Waals surface area (Å²) in [6, 6.07) is 10.1. The molecule has 1 saturated heterocycles. The van der Waals surface area contributed by atoms with Gasteiger partial charge in [0.1, 0.15) is 6.67 Å². The predicted octanol–water partition coefficient (Wildman–Crippen LogP) is 1.86. The molecular formula is C12H16FNO. The molecule has 0 unspecified atom stereocenters. The third-order valence-electron chi connectivity index (χ3n) is 2.76. The van der Waals surface area contributed by atoms with Gasteiger partial charge in [0.2, 0.25) is 0 Å². The van der Waals surface area contributed by atoms with Crippen molar-refractivity contribution in [2.75, 3.05) is 26.4 Å². The van der Waals surface area contributed by atoms with Crippen molar-refractivity contribution in [1.29, 1.82) is 0 Å². The van der Waals surface area contributed by atoms with Gasteiger partial charge < -0.3 is 4.74 Å². The van der Waals surface area contributed by atoms with Crippen molar-refractivity contribution in [2.24, 2.45) is 0 Å². The molecule has 1 aliphatic heterocycles. The molecule has 1 heterocycles. The largest absolute Gasteiger partial charge is 0.378 e. The van der Waals surface area contributed by atoms with Crippen LogP contribution in [0.25, 0.3) is 0 Å². The highest BCUT2D eigenvalue weighted by Crippen LogP contribution is 2.12. The Kier molecular flexibility index (Phi) is 3.69. The predicted molar refractivity (Wildman–Crippen MR) is 57.4 cm³/mol. The van der Waals surface area contributed by atoms with E-state index in [0.717, 1.165) is 13.1 Å². The van der Waals surface area contributed by atoms with Crippen LogP contribution in [0.4, 0.5) is 4.39 Å². The van der Waals surface area contributed by atoms with Crippen LogP contribution < -0.4 is 0 Å². The van der Waals surface area contributed by atoms with Crippen molar-refractivity contribution >= 4 is 0 Å². The first-order chi connectivity index (χ1) is 7.40. The SMILES string of the molecule is FC[C@H]1COCCN1Cc1ccccc1. The summed E-state index contributed by atoms with van der Waals surface area (Å²) in [5, 5.41) is 0. The lowest BCUT2D eigenvalue weighted by atomic mass is 10.1. The topological polar surface area (TPSA) is 12.5 Å². The van der Waals surface area contributed by atoms with Crippen molar-refractivity contribution < 1.29 is 9.13 Å². The van der Waals surface area contributed by atoms with Crippen LogP contribution in [0.3, 0.4) is 0 Å². The van der Waals surface area contributed by atoms with Gasteiger partial charge in [-0.25, -0.2) is 4.39 Å². The first-order valence-corrected chi connectivity index (χ1v) is 5.32. The van der Waals surface area contributed by atoms with Gasteiger partial charge in [-0.3, -0.25) is 4.90 Å². The van der Waals surface area contributed by atoms with Crippen molar-refractivity contribution in [3.8, 4) is 0 Å². The van der Waals surface area contributed by atoms with Gasteiger partial charge in [-0.2, -0.15) is 0 Å². The quantitative estimate of drug-likeness (QED) is 0.753. The van der Waals surface area contributed by atoms with E-state index in [4.69, 9.17) is 4.74 Å². The Hall–Kier alpha value is -0.930. The molecule has 0 N–H and O–H groups in total. The number of benzene rings is 1. The number of ether oxygens (including phenoxy) is 1. The lowest BCUT2D eigenvalue weighted by Gasteiger charge is -2.33. The number of hydrogen-bond acceptors (Lipinski definition) is 2. The first-order valence-electron chi connectivity index (χ1n) is 5.32. The summed E-state index contributed by atoms with van der Waals surface area (Å²) in [7, 11) is 0. The van der Waals surface area contributed by atoms with Crippen LogP contribution in [0, 0.1) is 0 Å². The molecule has 2 nitrogen and oxygen atoms in total. The maximum atomic E-state index is 12.7. The number of morpholine rings is 1. The molecule has 0 bridgehead atoms. The molecule has 82 valence electrons. The Balaban J connectivity index is 1.97. The second kappa shape index (κ2) is 5.24. The normalized spacial score (nSPS) is 22.9. The van der Waals surface area contributed by atoms with E-state index in [9.17, 15) is 4.39 Å². The van der Waals surface area contributed by atoms with Crippen molar-refractivity contribution in [2.45, 2.75) is 12.6 Å². The maximum Gasteiger partial charge on any atom is 0.107 e. The van der Waals surface area contributed by atoms with Crippen molar-refractivity contribution in [1.82, 2.24) is 4.90 Å². The van der Waals surface area contributed by atoms with Gasteiger partial charge in [-0.05, 0) is 5.56 Å². The molecule has 0 amide bonds. The third kappa shape index (κ3) is 2.76. The monoisotopic (exact) mass is 209 g/mol. The summed E-state index contributed by atoms with van der Waals surface area (Å²) < 4.78 is 18.0. The highest BCUT2D eigenvalue weighted by molar-refractivity contribution is 5.14. The molecule has 1 aromatic rings. The summed E-state index contributed by atoms with van der Waals surface area (Å²) in [5.41, 5.74) is 1.23. The zero-order chi connectivity index (χ0) is 10.5. The number of alkyl halides is 1. The second-order valence-electron chi connectivity index (χ2n) is 3.84. The first kappa shape index (κ1) is 10.6. The average Bonchev–Trinajstić information content (AvgIpc) is 2.31. The van der Waals surface area contributed by atoms with Gasteiger partial charge in [0.25, 0.3) is 0 Å². The number of halogens is 1. The van der Waals surface area contributed by atoms with Gasteiger partial charge in [0.15, 0.2) is 0 Å². The van der Waals surface area contributed by atoms with E-state index >= 15 is 0 Å². The summed E-state index contributed by atoms with van der Waals surface area (Å²) in [4.78, 5) is 2.15. The summed E-state index contributed by atoms with van der Waals surface area (Å²) in [6.45, 7) is 2.54. The van der Waals surface area contributed by atoms with Crippen LogP contribution in [-0.4, -0.2) is 37.4 Å². The van der Waals surface area contributed by atoms with Gasteiger partial charge in [0, 0.05) is 13.1 Å². The smallest absolute Gasteiger partial charge is 0.107 e. The molecule has 1 aromatic carbocycles. The molecule has 0 radical (unpaired) electrons. The minimum atomic E-state index is -0.327. The molecule has 2 rings (SSSR count). The molecule has 1 atom stereocenters. The molecule has 1 aliphatic rings. The molecule has 0 aliphatic carbocycles. The Bertz CT molecular complexity index is 291. The highest BCUT2D eigenvalue weighted by atomic mass is 19.1. The van der Waals surface area contributed by atoms with Gasteiger partial charge in [-0.1, -0.05) is 30.3 Å². The van der Waals surface area contributed by atoms with E-state index in [1.54, 1.807) is 0 Å². The molecule has 3 heteroatoms. The standard InChI is InChI=1S/C12H16FNO/c13-8-12-10-15-7-6-14(12)9-11-4-2-1-3-5-11/h1-5,12H,6-10H2/t12-/m0/s1. The minimum Gasteiger partial charge on any atom is -0.378 e. The van der Waals surface area contributed by atoms with Crippen LogP contribution in [0.2, 0.25) is 0 Å². The van der Waals surface area contributed by atoms with E-state index in [-0.39, 0.29) is 12.7 Å². The molecule has 0 aromatic heterocycles. The highest BCUT2D eigenvalue weighted by Gasteiger charge is 2.22. The molecule has 1 fully saturated rings. The van der Waals surface area contributed by atoms with Gasteiger partial charge in [0.05, 0.1) is 19.3 Å². The van der Waals surface area contributed by atoms with Crippen LogP contribution in [0.5, 0.6) is 0 Å². The molecule has 15 heavy (non-hydrogen) atoms. The number of rotatable bonds is 3. The van der Waals surface area contributed by atoms with Crippen LogP contribution in [-0.2, 0) is 11.3 Å².